The lowest BCUT2D eigenvalue weighted by atomic mass is 10.1. The van der Waals surface area contributed by atoms with E-state index >= 15 is 0 Å². The maximum atomic E-state index is 13.1. The molecule has 8 nitrogen and oxygen atoms in total. The Balaban J connectivity index is 1.26. The molecular weight excluding hydrogens is 370 g/mol. The van der Waals surface area contributed by atoms with Gasteiger partial charge < -0.3 is 24.2 Å². The number of amides is 1. The van der Waals surface area contributed by atoms with Crippen molar-refractivity contribution < 1.29 is 14.3 Å². The molecule has 0 atom stereocenters. The molecule has 0 saturated carbocycles. The van der Waals surface area contributed by atoms with Crippen LogP contribution in [0.15, 0.2) is 30.5 Å². The predicted molar refractivity (Wildman–Crippen MR) is 109 cm³/mol. The summed E-state index contributed by atoms with van der Waals surface area (Å²) in [5, 5.41) is 0. The second-order valence-electron chi connectivity index (χ2n) is 7.52. The summed E-state index contributed by atoms with van der Waals surface area (Å²) in [4.78, 5) is 28.6. The average Bonchev–Trinajstić information content (AvgIpc) is 3.34. The number of hydrogen-bond donors (Lipinski definition) is 0. The number of para-hydroxylation sites is 1. The Morgan fingerprint density at radius 1 is 0.897 bits per heavy atom. The monoisotopic (exact) mass is 395 g/mol. The van der Waals surface area contributed by atoms with Crippen LogP contribution in [-0.4, -0.2) is 73.3 Å². The highest BCUT2D eigenvalue weighted by atomic mass is 16.6. The van der Waals surface area contributed by atoms with Crippen LogP contribution < -0.4 is 19.3 Å². The molecule has 1 amide bonds. The van der Waals surface area contributed by atoms with Gasteiger partial charge in [0, 0.05) is 45.5 Å². The van der Waals surface area contributed by atoms with Gasteiger partial charge in [0.1, 0.15) is 19.0 Å². The number of nitrogens with zero attached hydrogens (tertiary/aromatic N) is 5. The lowest BCUT2D eigenvalue weighted by Crippen LogP contribution is -2.49. The van der Waals surface area contributed by atoms with Crippen LogP contribution in [-0.2, 0) is 0 Å². The summed E-state index contributed by atoms with van der Waals surface area (Å²) in [6.45, 7) is 5.82. The van der Waals surface area contributed by atoms with Gasteiger partial charge in [-0.05, 0) is 31.0 Å². The van der Waals surface area contributed by atoms with E-state index in [-0.39, 0.29) is 5.91 Å². The maximum absolute atomic E-state index is 13.1. The first kappa shape index (κ1) is 18.0. The highest BCUT2D eigenvalue weighted by Crippen LogP contribution is 2.34. The SMILES string of the molecule is O=C(c1cccc2c1OCCO2)N1CCN(c2ccnc(N3CCCC3)n2)CC1. The Bertz CT molecular complexity index is 892. The van der Waals surface area contributed by atoms with Crippen molar-refractivity contribution >= 4 is 17.7 Å². The highest BCUT2D eigenvalue weighted by Gasteiger charge is 2.28. The molecule has 1 aromatic heterocycles. The van der Waals surface area contributed by atoms with Gasteiger partial charge in [0.25, 0.3) is 5.91 Å². The molecule has 3 aliphatic heterocycles. The molecule has 2 saturated heterocycles. The summed E-state index contributed by atoms with van der Waals surface area (Å²) in [7, 11) is 0. The summed E-state index contributed by atoms with van der Waals surface area (Å²) < 4.78 is 11.3. The number of ether oxygens (including phenoxy) is 2. The quantitative estimate of drug-likeness (QED) is 0.785. The van der Waals surface area contributed by atoms with E-state index in [1.807, 2.05) is 35.4 Å². The molecule has 1 aromatic carbocycles. The lowest BCUT2D eigenvalue weighted by Gasteiger charge is -2.36. The Labute approximate surface area is 170 Å². The zero-order valence-corrected chi connectivity index (χ0v) is 16.4. The van der Waals surface area contributed by atoms with E-state index in [1.54, 1.807) is 0 Å². The first-order valence-corrected chi connectivity index (χ1v) is 10.3. The minimum Gasteiger partial charge on any atom is -0.486 e. The van der Waals surface area contributed by atoms with Crippen molar-refractivity contribution in [3.8, 4) is 11.5 Å². The standard InChI is InChI=1S/C21H25N5O3/c27-20(16-4-3-5-17-19(16)29-15-14-28-17)25-12-10-24(11-13-25)18-6-7-22-21(23-18)26-8-1-2-9-26/h3-7H,1-2,8-15H2. The minimum absolute atomic E-state index is 0.00700. The van der Waals surface area contributed by atoms with Crippen LogP contribution in [0.4, 0.5) is 11.8 Å². The van der Waals surface area contributed by atoms with Crippen LogP contribution in [0.5, 0.6) is 11.5 Å². The molecule has 3 aliphatic rings. The summed E-state index contributed by atoms with van der Waals surface area (Å²) in [6.07, 6.45) is 4.24. The summed E-state index contributed by atoms with van der Waals surface area (Å²) in [5.41, 5.74) is 0.578. The van der Waals surface area contributed by atoms with Gasteiger partial charge in [-0.3, -0.25) is 4.79 Å². The molecule has 0 N–H and O–H groups in total. The van der Waals surface area contributed by atoms with Gasteiger partial charge in [-0.15, -0.1) is 0 Å². The zero-order valence-electron chi connectivity index (χ0n) is 16.4. The smallest absolute Gasteiger partial charge is 0.257 e. The number of aromatic nitrogens is 2. The molecule has 5 rings (SSSR count). The molecule has 2 fully saturated rings. The summed E-state index contributed by atoms with van der Waals surface area (Å²) in [5.74, 6) is 2.95. The lowest BCUT2D eigenvalue weighted by molar-refractivity contribution is 0.0736. The molecule has 0 bridgehead atoms. The third-order valence-corrected chi connectivity index (χ3v) is 5.70. The number of hydrogen-bond acceptors (Lipinski definition) is 7. The van der Waals surface area contributed by atoms with Crippen molar-refractivity contribution in [3.63, 3.8) is 0 Å². The van der Waals surface area contributed by atoms with Gasteiger partial charge in [-0.2, -0.15) is 4.98 Å². The topological polar surface area (TPSA) is 71.0 Å². The molecule has 2 aromatic rings. The fraction of sp³-hybridized carbons (Fsp3) is 0.476. The van der Waals surface area contributed by atoms with Crippen molar-refractivity contribution in [1.82, 2.24) is 14.9 Å². The summed E-state index contributed by atoms with van der Waals surface area (Å²) >= 11 is 0. The fourth-order valence-electron chi connectivity index (χ4n) is 4.14. The van der Waals surface area contributed by atoms with Crippen LogP contribution in [0.3, 0.4) is 0 Å². The number of carbonyl (C=O) groups is 1. The summed E-state index contributed by atoms with van der Waals surface area (Å²) in [6, 6.07) is 7.46. The largest absolute Gasteiger partial charge is 0.486 e. The molecule has 29 heavy (non-hydrogen) atoms. The maximum Gasteiger partial charge on any atom is 0.257 e. The number of benzene rings is 1. The molecule has 0 spiro atoms. The molecule has 4 heterocycles. The second-order valence-corrected chi connectivity index (χ2v) is 7.52. The van der Waals surface area contributed by atoms with Gasteiger partial charge in [0.2, 0.25) is 5.95 Å². The van der Waals surface area contributed by atoms with E-state index in [1.165, 1.54) is 12.8 Å². The van der Waals surface area contributed by atoms with Crippen molar-refractivity contribution in [1.29, 1.82) is 0 Å². The van der Waals surface area contributed by atoms with Crippen LogP contribution in [0.25, 0.3) is 0 Å². The van der Waals surface area contributed by atoms with E-state index in [4.69, 9.17) is 14.5 Å². The second kappa shape index (κ2) is 7.77. The fourth-order valence-corrected chi connectivity index (χ4v) is 4.14. The van der Waals surface area contributed by atoms with Crippen LogP contribution in [0.2, 0.25) is 0 Å². The van der Waals surface area contributed by atoms with E-state index in [0.29, 0.717) is 43.4 Å². The van der Waals surface area contributed by atoms with Gasteiger partial charge in [0.15, 0.2) is 11.5 Å². The molecular formula is C21H25N5O3. The highest BCUT2D eigenvalue weighted by molar-refractivity contribution is 5.98. The van der Waals surface area contributed by atoms with E-state index < -0.39 is 0 Å². The van der Waals surface area contributed by atoms with Gasteiger partial charge in [-0.25, -0.2) is 4.98 Å². The number of rotatable bonds is 3. The minimum atomic E-state index is -0.00700. The Hall–Kier alpha value is -3.03. The third-order valence-electron chi connectivity index (χ3n) is 5.70. The number of carbonyl (C=O) groups excluding carboxylic acids is 1. The molecule has 8 heteroatoms. The van der Waals surface area contributed by atoms with Crippen molar-refractivity contribution in [2.24, 2.45) is 0 Å². The number of piperazine rings is 1. The average molecular weight is 395 g/mol. The van der Waals surface area contributed by atoms with Crippen LogP contribution in [0.1, 0.15) is 23.2 Å². The van der Waals surface area contributed by atoms with Gasteiger partial charge in [0.05, 0.1) is 5.56 Å². The Morgan fingerprint density at radius 3 is 2.52 bits per heavy atom. The van der Waals surface area contributed by atoms with Crippen molar-refractivity contribution in [2.45, 2.75) is 12.8 Å². The zero-order chi connectivity index (χ0) is 19.6. The molecule has 0 radical (unpaired) electrons. The van der Waals surface area contributed by atoms with E-state index in [0.717, 1.165) is 37.9 Å². The number of anilines is 2. The van der Waals surface area contributed by atoms with Crippen molar-refractivity contribution in [3.05, 3.63) is 36.0 Å². The van der Waals surface area contributed by atoms with E-state index in [2.05, 4.69) is 14.8 Å². The van der Waals surface area contributed by atoms with E-state index in [9.17, 15) is 4.79 Å². The van der Waals surface area contributed by atoms with Gasteiger partial charge in [-0.1, -0.05) is 6.07 Å². The van der Waals surface area contributed by atoms with Crippen LogP contribution >= 0.6 is 0 Å². The first-order valence-electron chi connectivity index (χ1n) is 10.3. The number of fused-ring (bicyclic) bond motifs is 1. The molecule has 152 valence electrons. The first-order chi connectivity index (χ1) is 14.3. The molecule has 0 aliphatic carbocycles. The molecule has 0 unspecified atom stereocenters. The Kier molecular flexibility index (Phi) is 4.83. The third kappa shape index (κ3) is 3.54. The van der Waals surface area contributed by atoms with Gasteiger partial charge >= 0.3 is 0 Å². The Morgan fingerprint density at radius 2 is 1.69 bits per heavy atom. The van der Waals surface area contributed by atoms with Crippen LogP contribution in [0, 0.1) is 0 Å². The predicted octanol–water partition coefficient (Wildman–Crippen LogP) is 1.81. The normalized spacial score (nSPS) is 18.8. The van der Waals surface area contributed by atoms with Crippen molar-refractivity contribution in [2.75, 3.05) is 62.3 Å².